The van der Waals surface area contributed by atoms with Crippen molar-refractivity contribution in [2.75, 3.05) is 11.4 Å². The minimum atomic E-state index is -0.0976. The van der Waals surface area contributed by atoms with Crippen LogP contribution in [-0.4, -0.2) is 21.5 Å². The summed E-state index contributed by atoms with van der Waals surface area (Å²) in [6.45, 7) is 2.96. The lowest BCUT2D eigenvalue weighted by Gasteiger charge is -2.29. The van der Waals surface area contributed by atoms with Gasteiger partial charge in [-0.05, 0) is 19.1 Å². The first-order valence-electron chi connectivity index (χ1n) is 6.38. The van der Waals surface area contributed by atoms with Crippen molar-refractivity contribution in [1.29, 1.82) is 5.26 Å². The van der Waals surface area contributed by atoms with Crippen molar-refractivity contribution in [3.63, 3.8) is 0 Å². The fraction of sp³-hybridized carbons (Fsp3) is 0.286. The Balaban J connectivity index is 2.01. The van der Waals surface area contributed by atoms with Crippen LogP contribution in [0.4, 0.5) is 5.69 Å². The third-order valence-corrected chi connectivity index (χ3v) is 3.42. The molecule has 0 saturated heterocycles. The first-order valence-corrected chi connectivity index (χ1v) is 6.38. The van der Waals surface area contributed by atoms with E-state index in [4.69, 9.17) is 5.26 Å². The number of pyridine rings is 1. The van der Waals surface area contributed by atoms with E-state index in [1.54, 1.807) is 19.2 Å². The lowest BCUT2D eigenvalue weighted by Crippen LogP contribution is -2.36. The van der Waals surface area contributed by atoms with Crippen molar-refractivity contribution in [3.05, 3.63) is 51.5 Å². The second-order valence-corrected chi connectivity index (χ2v) is 4.73. The number of aromatic nitrogens is 3. The lowest BCUT2D eigenvalue weighted by atomic mass is 10.1. The number of fused-ring (bicyclic) bond motifs is 1. The number of hydrogen-bond acceptors (Lipinski definition) is 5. The fourth-order valence-corrected chi connectivity index (χ4v) is 2.49. The van der Waals surface area contributed by atoms with Crippen molar-refractivity contribution >= 4 is 5.69 Å². The summed E-state index contributed by atoms with van der Waals surface area (Å²) >= 11 is 0. The molecule has 6 heteroatoms. The summed E-state index contributed by atoms with van der Waals surface area (Å²) in [6.07, 6.45) is 2.29. The molecule has 1 N–H and O–H groups in total. The van der Waals surface area contributed by atoms with Gasteiger partial charge in [-0.2, -0.15) is 5.26 Å². The van der Waals surface area contributed by atoms with E-state index in [2.05, 4.69) is 21.0 Å². The molecule has 0 aromatic carbocycles. The molecule has 0 atom stereocenters. The number of H-pyrrole nitrogens is 1. The summed E-state index contributed by atoms with van der Waals surface area (Å²) < 4.78 is 0. The molecule has 0 unspecified atom stereocenters. The highest BCUT2D eigenvalue weighted by Gasteiger charge is 2.22. The number of nitrogens with one attached hydrogen (secondary N) is 1. The Labute approximate surface area is 115 Å². The maximum Gasteiger partial charge on any atom is 0.256 e. The average Bonchev–Trinajstić information content (AvgIpc) is 2.47. The predicted octanol–water partition coefficient (Wildman–Crippen LogP) is 0.908. The number of hydrogen-bond donors (Lipinski definition) is 1. The van der Waals surface area contributed by atoms with Gasteiger partial charge in [-0.25, -0.2) is 9.97 Å². The molecule has 2 aromatic rings. The molecule has 0 fully saturated rings. The highest BCUT2D eigenvalue weighted by atomic mass is 16.1. The predicted molar refractivity (Wildman–Crippen MR) is 73.3 cm³/mol. The van der Waals surface area contributed by atoms with E-state index in [1.165, 1.54) is 0 Å². The zero-order valence-corrected chi connectivity index (χ0v) is 11.1. The Morgan fingerprint density at radius 1 is 1.50 bits per heavy atom. The summed E-state index contributed by atoms with van der Waals surface area (Å²) in [5.41, 5.74) is 2.58. The SMILES string of the molecule is Cc1nc2c(c(=O)[nH]1)CN(c1cccnc1C#N)CC2. The normalized spacial score (nSPS) is 13.7. The Hall–Kier alpha value is -2.68. The van der Waals surface area contributed by atoms with Crippen molar-refractivity contribution in [3.8, 4) is 6.07 Å². The molecule has 3 heterocycles. The Bertz CT molecular complexity index is 759. The second kappa shape index (κ2) is 4.78. The van der Waals surface area contributed by atoms with Crippen molar-refractivity contribution in [1.82, 2.24) is 15.0 Å². The number of aryl methyl sites for hydroxylation is 1. The van der Waals surface area contributed by atoms with Gasteiger partial charge in [0.15, 0.2) is 5.69 Å². The average molecular weight is 267 g/mol. The van der Waals surface area contributed by atoms with Crippen LogP contribution in [0, 0.1) is 18.3 Å². The molecule has 1 aliphatic heterocycles. The Morgan fingerprint density at radius 3 is 3.15 bits per heavy atom. The summed E-state index contributed by atoms with van der Waals surface area (Å²) in [5.74, 6) is 0.640. The number of aromatic amines is 1. The van der Waals surface area contributed by atoms with Gasteiger partial charge >= 0.3 is 0 Å². The molecule has 0 aliphatic carbocycles. The van der Waals surface area contributed by atoms with Gasteiger partial charge in [0.25, 0.3) is 5.56 Å². The third kappa shape index (κ3) is 2.03. The minimum Gasteiger partial charge on any atom is -0.364 e. The first kappa shape index (κ1) is 12.4. The van der Waals surface area contributed by atoms with Crippen LogP contribution in [0.25, 0.3) is 0 Å². The van der Waals surface area contributed by atoms with Crippen LogP contribution < -0.4 is 10.5 Å². The standard InChI is InChI=1S/C14H13N5O/c1-9-17-11-4-6-19(8-10(11)14(20)18-9)13-3-2-5-16-12(13)7-15/h2-3,5H,4,6,8H2,1H3,(H,17,18,20). The van der Waals surface area contributed by atoms with E-state index in [-0.39, 0.29) is 5.56 Å². The van der Waals surface area contributed by atoms with Gasteiger partial charge in [-0.15, -0.1) is 0 Å². The van der Waals surface area contributed by atoms with Crippen LogP contribution in [0.2, 0.25) is 0 Å². The molecule has 1 aliphatic rings. The van der Waals surface area contributed by atoms with E-state index < -0.39 is 0 Å². The highest BCUT2D eigenvalue weighted by molar-refractivity contribution is 5.56. The molecular formula is C14H13N5O. The molecule has 0 bridgehead atoms. The van der Waals surface area contributed by atoms with E-state index in [9.17, 15) is 4.79 Å². The minimum absolute atomic E-state index is 0.0976. The topological polar surface area (TPSA) is 85.7 Å². The van der Waals surface area contributed by atoms with Crippen LogP contribution in [-0.2, 0) is 13.0 Å². The van der Waals surface area contributed by atoms with Crippen LogP contribution in [0.3, 0.4) is 0 Å². The van der Waals surface area contributed by atoms with E-state index >= 15 is 0 Å². The van der Waals surface area contributed by atoms with Gasteiger partial charge in [-0.3, -0.25) is 4.79 Å². The van der Waals surface area contributed by atoms with Gasteiger partial charge in [-0.1, -0.05) is 0 Å². The monoisotopic (exact) mass is 267 g/mol. The number of nitriles is 1. The molecular weight excluding hydrogens is 254 g/mol. The van der Waals surface area contributed by atoms with Crippen LogP contribution in [0.5, 0.6) is 0 Å². The quantitative estimate of drug-likeness (QED) is 0.830. The van der Waals surface area contributed by atoms with Gasteiger partial charge in [0.05, 0.1) is 23.5 Å². The van der Waals surface area contributed by atoms with Gasteiger partial charge in [0.2, 0.25) is 0 Å². The van der Waals surface area contributed by atoms with Crippen molar-refractivity contribution in [2.24, 2.45) is 0 Å². The third-order valence-electron chi connectivity index (χ3n) is 3.42. The van der Waals surface area contributed by atoms with E-state index in [0.717, 1.165) is 17.9 Å². The lowest BCUT2D eigenvalue weighted by molar-refractivity contribution is 0.689. The molecule has 6 nitrogen and oxygen atoms in total. The van der Waals surface area contributed by atoms with Crippen LogP contribution in [0.1, 0.15) is 22.8 Å². The maximum atomic E-state index is 12.0. The molecule has 0 radical (unpaired) electrons. The number of rotatable bonds is 1. The smallest absolute Gasteiger partial charge is 0.256 e. The first-order chi connectivity index (χ1) is 9.69. The highest BCUT2D eigenvalue weighted by Crippen LogP contribution is 2.23. The van der Waals surface area contributed by atoms with Gasteiger partial charge in [0.1, 0.15) is 11.9 Å². The van der Waals surface area contributed by atoms with E-state index in [0.29, 0.717) is 30.0 Å². The van der Waals surface area contributed by atoms with Gasteiger partial charge in [0, 0.05) is 19.2 Å². The molecule has 20 heavy (non-hydrogen) atoms. The Kier molecular flexibility index (Phi) is 2.95. The fourth-order valence-electron chi connectivity index (χ4n) is 2.49. The molecule has 2 aromatic heterocycles. The molecule has 0 spiro atoms. The molecule has 0 amide bonds. The van der Waals surface area contributed by atoms with Gasteiger partial charge < -0.3 is 9.88 Å². The summed E-state index contributed by atoms with van der Waals surface area (Å²) in [7, 11) is 0. The summed E-state index contributed by atoms with van der Waals surface area (Å²) in [6, 6.07) is 5.73. The summed E-state index contributed by atoms with van der Waals surface area (Å²) in [5, 5.41) is 9.12. The second-order valence-electron chi connectivity index (χ2n) is 4.73. The van der Waals surface area contributed by atoms with E-state index in [1.807, 2.05) is 11.0 Å². The Morgan fingerprint density at radius 2 is 2.35 bits per heavy atom. The maximum absolute atomic E-state index is 12.0. The summed E-state index contributed by atoms with van der Waals surface area (Å²) in [4.78, 5) is 25.2. The number of nitrogens with zero attached hydrogens (tertiary/aromatic N) is 4. The van der Waals surface area contributed by atoms with Crippen LogP contribution in [0.15, 0.2) is 23.1 Å². The zero-order valence-electron chi connectivity index (χ0n) is 11.1. The molecule has 0 saturated carbocycles. The molecule has 100 valence electrons. The van der Waals surface area contributed by atoms with Crippen molar-refractivity contribution in [2.45, 2.75) is 19.9 Å². The van der Waals surface area contributed by atoms with Crippen molar-refractivity contribution < 1.29 is 0 Å². The zero-order chi connectivity index (χ0) is 14.1. The number of anilines is 1. The van der Waals surface area contributed by atoms with Crippen LogP contribution >= 0.6 is 0 Å². The molecule has 3 rings (SSSR count). The largest absolute Gasteiger partial charge is 0.364 e.